The number of nitrogens with zero attached hydrogens (tertiary/aromatic N) is 1. The molecule has 1 saturated carbocycles. The molecule has 1 fully saturated rings. The number of primary amides is 1. The number of carbonyl (C=O) groups excluding carboxylic acids is 2. The first-order valence-corrected chi connectivity index (χ1v) is 10.3. The summed E-state index contributed by atoms with van der Waals surface area (Å²) >= 11 is 0. The van der Waals surface area contributed by atoms with Crippen LogP contribution >= 0.6 is 12.4 Å². The quantitative estimate of drug-likeness (QED) is 0.783. The van der Waals surface area contributed by atoms with Gasteiger partial charge in [0.15, 0.2) is 0 Å². The molecule has 2 amide bonds. The number of nitrogens with two attached hydrogens (primary N) is 1. The first kappa shape index (κ1) is 20.7. The first-order valence-electron chi connectivity index (χ1n) is 8.44. The van der Waals surface area contributed by atoms with Crippen molar-refractivity contribution in [1.82, 2.24) is 9.62 Å². The molecule has 7 nitrogen and oxygen atoms in total. The standard InChI is InChI=1S/C17H23N3O4S.ClH/c1-25(23,24)19-14-8-4-5-9-15(14)20-10-13(16(18)21)11-6-2-3-7-12(11)17(20)22;/h2-3,6-7,13-15,19H,4-5,8-10H2,1H3,(H2,18,21);1H. The van der Waals surface area contributed by atoms with Gasteiger partial charge in [-0.05, 0) is 24.5 Å². The van der Waals surface area contributed by atoms with Crippen LogP contribution < -0.4 is 10.5 Å². The Labute approximate surface area is 159 Å². The van der Waals surface area contributed by atoms with Gasteiger partial charge in [0.2, 0.25) is 15.9 Å². The zero-order valence-corrected chi connectivity index (χ0v) is 16.2. The van der Waals surface area contributed by atoms with Crippen molar-refractivity contribution in [1.29, 1.82) is 0 Å². The second-order valence-electron chi connectivity index (χ2n) is 6.85. The molecule has 3 unspecified atom stereocenters. The van der Waals surface area contributed by atoms with Crippen molar-refractivity contribution in [2.75, 3.05) is 12.8 Å². The molecule has 26 heavy (non-hydrogen) atoms. The summed E-state index contributed by atoms with van der Waals surface area (Å²) in [5.41, 5.74) is 6.69. The van der Waals surface area contributed by atoms with Crippen molar-refractivity contribution >= 4 is 34.2 Å². The maximum Gasteiger partial charge on any atom is 0.254 e. The highest BCUT2D eigenvalue weighted by molar-refractivity contribution is 7.88. The Kier molecular flexibility index (Phi) is 6.31. The molecule has 0 radical (unpaired) electrons. The fourth-order valence-electron chi connectivity index (χ4n) is 3.95. The van der Waals surface area contributed by atoms with Gasteiger partial charge in [-0.25, -0.2) is 13.1 Å². The number of amides is 2. The lowest BCUT2D eigenvalue weighted by Gasteiger charge is -2.43. The van der Waals surface area contributed by atoms with Crippen LogP contribution in [0.3, 0.4) is 0 Å². The summed E-state index contributed by atoms with van der Waals surface area (Å²) in [4.78, 5) is 26.6. The molecule has 0 spiro atoms. The van der Waals surface area contributed by atoms with E-state index in [1.807, 2.05) is 0 Å². The average Bonchev–Trinajstić information content (AvgIpc) is 2.54. The van der Waals surface area contributed by atoms with Gasteiger partial charge in [-0.1, -0.05) is 31.0 Å². The van der Waals surface area contributed by atoms with E-state index in [0.717, 1.165) is 19.1 Å². The second-order valence-corrected chi connectivity index (χ2v) is 8.63. The number of carbonyl (C=O) groups is 2. The molecule has 1 aliphatic carbocycles. The molecular formula is C17H24ClN3O4S. The van der Waals surface area contributed by atoms with Crippen LogP contribution in [0.1, 0.15) is 47.5 Å². The van der Waals surface area contributed by atoms with Gasteiger partial charge >= 0.3 is 0 Å². The van der Waals surface area contributed by atoms with E-state index >= 15 is 0 Å². The molecule has 1 aliphatic heterocycles. The van der Waals surface area contributed by atoms with E-state index in [9.17, 15) is 18.0 Å². The predicted octanol–water partition coefficient (Wildman–Crippen LogP) is 0.993. The highest BCUT2D eigenvalue weighted by Crippen LogP contribution is 2.33. The maximum absolute atomic E-state index is 13.0. The highest BCUT2D eigenvalue weighted by Gasteiger charge is 2.41. The Balaban J connectivity index is 0.00000243. The number of rotatable bonds is 4. The van der Waals surface area contributed by atoms with Gasteiger partial charge in [0.25, 0.3) is 5.91 Å². The molecule has 0 bridgehead atoms. The van der Waals surface area contributed by atoms with Crippen LogP contribution in [0.15, 0.2) is 24.3 Å². The van der Waals surface area contributed by atoms with E-state index < -0.39 is 21.8 Å². The summed E-state index contributed by atoms with van der Waals surface area (Å²) in [7, 11) is -3.38. The summed E-state index contributed by atoms with van der Waals surface area (Å²) in [6.45, 7) is 0.192. The minimum absolute atomic E-state index is 0. The van der Waals surface area contributed by atoms with Crippen LogP contribution in [0.25, 0.3) is 0 Å². The van der Waals surface area contributed by atoms with Crippen LogP contribution in [-0.2, 0) is 14.8 Å². The first-order chi connectivity index (χ1) is 11.8. The van der Waals surface area contributed by atoms with Gasteiger partial charge in [-0.15, -0.1) is 12.4 Å². The number of fused-ring (bicyclic) bond motifs is 1. The molecule has 1 aromatic carbocycles. The van der Waals surface area contributed by atoms with E-state index in [2.05, 4.69) is 4.72 Å². The number of sulfonamides is 1. The second kappa shape index (κ2) is 7.94. The third kappa shape index (κ3) is 4.19. The fourth-order valence-corrected chi connectivity index (χ4v) is 4.78. The number of benzene rings is 1. The van der Waals surface area contributed by atoms with Gasteiger partial charge in [0.1, 0.15) is 0 Å². The van der Waals surface area contributed by atoms with Crippen molar-refractivity contribution < 1.29 is 18.0 Å². The van der Waals surface area contributed by atoms with Crippen LogP contribution in [0.5, 0.6) is 0 Å². The Morgan fingerprint density at radius 3 is 2.54 bits per heavy atom. The van der Waals surface area contributed by atoms with Crippen LogP contribution in [0, 0.1) is 0 Å². The van der Waals surface area contributed by atoms with E-state index in [1.54, 1.807) is 29.2 Å². The van der Waals surface area contributed by atoms with Crippen molar-refractivity contribution in [3.05, 3.63) is 35.4 Å². The molecule has 3 N–H and O–H groups in total. The van der Waals surface area contributed by atoms with E-state index in [4.69, 9.17) is 5.73 Å². The largest absolute Gasteiger partial charge is 0.369 e. The lowest BCUT2D eigenvalue weighted by atomic mass is 9.84. The summed E-state index contributed by atoms with van der Waals surface area (Å²) in [6.07, 6.45) is 4.32. The fraction of sp³-hybridized carbons (Fsp3) is 0.529. The lowest BCUT2D eigenvalue weighted by molar-refractivity contribution is -0.120. The third-order valence-electron chi connectivity index (χ3n) is 5.05. The van der Waals surface area contributed by atoms with Gasteiger partial charge in [0.05, 0.1) is 12.2 Å². The monoisotopic (exact) mass is 401 g/mol. The van der Waals surface area contributed by atoms with Crippen LogP contribution in [0.4, 0.5) is 0 Å². The zero-order valence-electron chi connectivity index (χ0n) is 14.6. The molecule has 3 rings (SSSR count). The highest BCUT2D eigenvalue weighted by atomic mass is 35.5. The van der Waals surface area contributed by atoms with E-state index in [1.165, 1.54) is 0 Å². The molecule has 2 aliphatic rings. The summed E-state index contributed by atoms with van der Waals surface area (Å²) in [6, 6.07) is 6.38. The molecule has 1 heterocycles. The molecular weight excluding hydrogens is 378 g/mol. The normalized spacial score (nSPS) is 26.0. The lowest BCUT2D eigenvalue weighted by Crippen LogP contribution is -2.57. The van der Waals surface area contributed by atoms with E-state index in [-0.39, 0.29) is 36.9 Å². The van der Waals surface area contributed by atoms with Crippen molar-refractivity contribution in [3.63, 3.8) is 0 Å². The minimum Gasteiger partial charge on any atom is -0.369 e. The van der Waals surface area contributed by atoms with E-state index in [0.29, 0.717) is 24.0 Å². The zero-order chi connectivity index (χ0) is 18.2. The Hall–Kier alpha value is -1.64. The number of halogens is 1. The number of nitrogens with one attached hydrogen (secondary N) is 1. The summed E-state index contributed by atoms with van der Waals surface area (Å²) in [5, 5.41) is 0. The smallest absolute Gasteiger partial charge is 0.254 e. The molecule has 144 valence electrons. The van der Waals surface area contributed by atoms with Crippen molar-refractivity contribution in [2.24, 2.45) is 5.73 Å². The summed E-state index contributed by atoms with van der Waals surface area (Å²) < 4.78 is 26.0. The maximum atomic E-state index is 13.0. The molecule has 3 atom stereocenters. The summed E-state index contributed by atoms with van der Waals surface area (Å²) in [5.74, 6) is -1.22. The van der Waals surface area contributed by atoms with Gasteiger partial charge in [-0.3, -0.25) is 9.59 Å². The molecule has 9 heteroatoms. The minimum atomic E-state index is -3.38. The third-order valence-corrected chi connectivity index (χ3v) is 5.78. The Morgan fingerprint density at radius 2 is 1.88 bits per heavy atom. The van der Waals surface area contributed by atoms with Crippen molar-refractivity contribution in [3.8, 4) is 0 Å². The predicted molar refractivity (Wildman–Crippen MR) is 101 cm³/mol. The van der Waals surface area contributed by atoms with Crippen LogP contribution in [0.2, 0.25) is 0 Å². The topological polar surface area (TPSA) is 110 Å². The molecule has 0 saturated heterocycles. The Morgan fingerprint density at radius 1 is 1.23 bits per heavy atom. The van der Waals surface area contributed by atoms with Gasteiger partial charge < -0.3 is 10.6 Å². The van der Waals surface area contributed by atoms with Crippen molar-refractivity contribution in [2.45, 2.75) is 43.7 Å². The van der Waals surface area contributed by atoms with Gasteiger partial charge in [-0.2, -0.15) is 0 Å². The number of hydrogen-bond acceptors (Lipinski definition) is 4. The molecule has 0 aromatic heterocycles. The molecule has 1 aromatic rings. The Bertz CT molecular complexity index is 799. The number of hydrogen-bond donors (Lipinski definition) is 2. The van der Waals surface area contributed by atoms with Crippen LogP contribution in [-0.4, -0.2) is 50.0 Å². The average molecular weight is 402 g/mol. The SMILES string of the molecule is CS(=O)(=O)NC1CCCCC1N1CC(C(N)=O)c2ccccc2C1=O.Cl. The van der Waals surface area contributed by atoms with Gasteiger partial charge in [0, 0.05) is 24.2 Å².